The predicted molar refractivity (Wildman–Crippen MR) is 245 cm³/mol. The van der Waals surface area contributed by atoms with E-state index in [1.54, 1.807) is 0 Å². The van der Waals surface area contributed by atoms with Gasteiger partial charge in [0, 0.05) is 33.4 Å². The Kier molecular flexibility index (Phi) is 8.19. The van der Waals surface area contributed by atoms with Gasteiger partial charge in [0.05, 0.1) is 0 Å². The molecule has 0 N–H and O–H groups in total. The Balaban J connectivity index is 0.960. The summed E-state index contributed by atoms with van der Waals surface area (Å²) >= 11 is 0. The lowest BCUT2D eigenvalue weighted by molar-refractivity contribution is 0.670. The molecule has 0 aliphatic heterocycles. The van der Waals surface area contributed by atoms with Crippen molar-refractivity contribution in [2.75, 3.05) is 4.90 Å². The average Bonchev–Trinajstić information content (AvgIpc) is 3.69. The van der Waals surface area contributed by atoms with Gasteiger partial charge in [0.1, 0.15) is 11.2 Å². The van der Waals surface area contributed by atoms with Crippen molar-refractivity contribution in [2.45, 2.75) is 0 Å². The van der Waals surface area contributed by atoms with E-state index in [1.807, 2.05) is 12.1 Å². The quantitative estimate of drug-likeness (QED) is 0.162. The highest BCUT2D eigenvalue weighted by atomic mass is 16.3. The van der Waals surface area contributed by atoms with Crippen LogP contribution in [0.15, 0.2) is 229 Å². The van der Waals surface area contributed by atoms with Crippen LogP contribution < -0.4 is 4.90 Å². The van der Waals surface area contributed by atoms with Gasteiger partial charge in [-0.05, 0) is 115 Å². The molecule has 0 aliphatic rings. The summed E-state index contributed by atoms with van der Waals surface area (Å²) < 4.78 is 6.42. The summed E-state index contributed by atoms with van der Waals surface area (Å²) in [5, 5.41) is 7.26. The second kappa shape index (κ2) is 14.1. The zero-order chi connectivity index (χ0) is 38.4. The van der Waals surface area contributed by atoms with Gasteiger partial charge in [0.2, 0.25) is 0 Å². The van der Waals surface area contributed by atoms with Gasteiger partial charge in [-0.3, -0.25) is 0 Å². The minimum absolute atomic E-state index is 0.906. The van der Waals surface area contributed by atoms with Crippen LogP contribution in [-0.2, 0) is 0 Å². The largest absolute Gasteiger partial charge is 0.455 e. The van der Waals surface area contributed by atoms with E-state index in [2.05, 4.69) is 217 Å². The first-order valence-electron chi connectivity index (χ1n) is 19.8. The van der Waals surface area contributed by atoms with Crippen molar-refractivity contribution in [1.82, 2.24) is 0 Å². The van der Waals surface area contributed by atoms with E-state index in [4.69, 9.17) is 4.42 Å². The first-order valence-corrected chi connectivity index (χ1v) is 19.8. The first-order chi connectivity index (χ1) is 28.7. The Labute approximate surface area is 337 Å². The zero-order valence-corrected chi connectivity index (χ0v) is 31.7. The Morgan fingerprint density at radius 3 is 1.40 bits per heavy atom. The zero-order valence-electron chi connectivity index (χ0n) is 31.7. The van der Waals surface area contributed by atoms with E-state index in [1.165, 1.54) is 54.9 Å². The lowest BCUT2D eigenvalue weighted by Crippen LogP contribution is -2.10. The monoisotopic (exact) mass is 739 g/mol. The van der Waals surface area contributed by atoms with E-state index in [0.717, 1.165) is 50.1 Å². The summed E-state index contributed by atoms with van der Waals surface area (Å²) in [5.41, 5.74) is 14.4. The predicted octanol–water partition coefficient (Wildman–Crippen LogP) is 16.0. The second-order valence-electron chi connectivity index (χ2n) is 15.0. The number of anilines is 3. The SMILES string of the molecule is c1cc(-c2ccc3ccccc3c2)cc(N(c2ccc(-c3ccc(-c4ccc5ccccc5c4)cc3)cc2)c2ccc(-c3cccc4c3oc3ccccc34)cc2)c1. The standard InChI is InChI=1S/C56H37NO/c1-3-11-44-35-47(25-23-38(44)9-1)42-21-19-40(20-22-42)41-27-31-49(32-28-41)57(51-14-7-13-46(37-51)48-26-24-39-10-2-4-12-45(39)36-48)50-33-29-43(30-34-50)52-16-8-17-54-53-15-5-6-18-55(53)58-56(52)54/h1-37H. The van der Waals surface area contributed by atoms with Crippen molar-refractivity contribution in [2.24, 2.45) is 0 Å². The Bertz CT molecular complexity index is 3270. The number of benzene rings is 10. The maximum atomic E-state index is 6.42. The van der Waals surface area contributed by atoms with Crippen LogP contribution in [0.5, 0.6) is 0 Å². The van der Waals surface area contributed by atoms with Crippen LogP contribution in [0, 0.1) is 0 Å². The minimum atomic E-state index is 0.906. The van der Waals surface area contributed by atoms with Crippen LogP contribution in [0.25, 0.3) is 88.0 Å². The molecule has 2 nitrogen and oxygen atoms in total. The van der Waals surface area contributed by atoms with Gasteiger partial charge in [-0.25, -0.2) is 0 Å². The lowest BCUT2D eigenvalue weighted by Gasteiger charge is -2.26. The molecule has 0 saturated heterocycles. The Hall–Kier alpha value is -7.68. The molecule has 0 atom stereocenters. The normalized spacial score (nSPS) is 11.4. The molecule has 11 aromatic rings. The number of para-hydroxylation sites is 2. The van der Waals surface area contributed by atoms with Gasteiger partial charge in [0.15, 0.2) is 0 Å². The van der Waals surface area contributed by atoms with Crippen LogP contribution in [0.4, 0.5) is 17.1 Å². The van der Waals surface area contributed by atoms with Gasteiger partial charge in [-0.1, -0.05) is 170 Å². The molecular formula is C56H37NO. The molecule has 0 fully saturated rings. The summed E-state index contributed by atoms with van der Waals surface area (Å²) in [6.45, 7) is 0. The molecule has 10 aromatic carbocycles. The number of furan rings is 1. The molecule has 0 unspecified atom stereocenters. The average molecular weight is 740 g/mol. The maximum Gasteiger partial charge on any atom is 0.143 e. The second-order valence-corrected chi connectivity index (χ2v) is 15.0. The van der Waals surface area contributed by atoms with E-state index in [0.29, 0.717) is 0 Å². The highest BCUT2D eigenvalue weighted by Gasteiger charge is 2.17. The van der Waals surface area contributed by atoms with Crippen molar-refractivity contribution in [1.29, 1.82) is 0 Å². The summed E-state index contributed by atoms with van der Waals surface area (Å²) in [6, 6.07) is 80.7. The molecule has 0 spiro atoms. The van der Waals surface area contributed by atoms with Gasteiger partial charge in [-0.15, -0.1) is 0 Å². The van der Waals surface area contributed by atoms with Crippen LogP contribution in [0.2, 0.25) is 0 Å². The highest BCUT2D eigenvalue weighted by Crippen LogP contribution is 2.41. The molecule has 272 valence electrons. The molecule has 1 aromatic heterocycles. The number of rotatable bonds is 7. The number of nitrogens with zero attached hydrogens (tertiary/aromatic N) is 1. The molecule has 58 heavy (non-hydrogen) atoms. The number of hydrogen-bond acceptors (Lipinski definition) is 2. The third-order valence-electron chi connectivity index (χ3n) is 11.5. The highest BCUT2D eigenvalue weighted by molar-refractivity contribution is 6.09. The summed E-state index contributed by atoms with van der Waals surface area (Å²) in [4.78, 5) is 2.35. The fourth-order valence-corrected chi connectivity index (χ4v) is 8.43. The third-order valence-corrected chi connectivity index (χ3v) is 11.5. The van der Waals surface area contributed by atoms with Crippen molar-refractivity contribution >= 4 is 60.5 Å². The van der Waals surface area contributed by atoms with Crippen LogP contribution in [0.3, 0.4) is 0 Å². The molecule has 0 saturated carbocycles. The lowest BCUT2D eigenvalue weighted by atomic mass is 9.98. The van der Waals surface area contributed by atoms with Crippen molar-refractivity contribution in [3.63, 3.8) is 0 Å². The summed E-state index contributed by atoms with van der Waals surface area (Å²) in [5.74, 6) is 0. The van der Waals surface area contributed by atoms with Crippen molar-refractivity contribution in [3.05, 3.63) is 224 Å². The van der Waals surface area contributed by atoms with E-state index < -0.39 is 0 Å². The fourth-order valence-electron chi connectivity index (χ4n) is 8.43. The molecule has 0 radical (unpaired) electrons. The van der Waals surface area contributed by atoms with E-state index in [-0.39, 0.29) is 0 Å². The summed E-state index contributed by atoms with van der Waals surface area (Å²) in [7, 11) is 0. The molecule has 1 heterocycles. The third kappa shape index (κ3) is 6.09. The smallest absolute Gasteiger partial charge is 0.143 e. The molecule has 0 amide bonds. The molecule has 2 heteroatoms. The maximum absolute atomic E-state index is 6.42. The van der Waals surface area contributed by atoms with E-state index in [9.17, 15) is 0 Å². The molecular weight excluding hydrogens is 703 g/mol. The van der Waals surface area contributed by atoms with E-state index >= 15 is 0 Å². The van der Waals surface area contributed by atoms with Crippen LogP contribution >= 0.6 is 0 Å². The van der Waals surface area contributed by atoms with Gasteiger partial charge >= 0.3 is 0 Å². The minimum Gasteiger partial charge on any atom is -0.455 e. The van der Waals surface area contributed by atoms with Crippen LogP contribution in [-0.4, -0.2) is 0 Å². The van der Waals surface area contributed by atoms with Crippen molar-refractivity contribution < 1.29 is 4.42 Å². The van der Waals surface area contributed by atoms with Gasteiger partial charge in [-0.2, -0.15) is 0 Å². The first kappa shape index (κ1) is 33.6. The van der Waals surface area contributed by atoms with Crippen molar-refractivity contribution in [3.8, 4) is 44.5 Å². The fraction of sp³-hybridized carbons (Fsp3) is 0. The number of fused-ring (bicyclic) bond motifs is 5. The molecule has 0 aliphatic carbocycles. The van der Waals surface area contributed by atoms with Crippen LogP contribution in [0.1, 0.15) is 0 Å². The topological polar surface area (TPSA) is 16.4 Å². The Morgan fingerprint density at radius 1 is 0.276 bits per heavy atom. The van der Waals surface area contributed by atoms with Gasteiger partial charge in [0.25, 0.3) is 0 Å². The molecule has 0 bridgehead atoms. The number of hydrogen-bond donors (Lipinski definition) is 0. The van der Waals surface area contributed by atoms with Gasteiger partial charge < -0.3 is 9.32 Å². The summed E-state index contributed by atoms with van der Waals surface area (Å²) in [6.07, 6.45) is 0. The molecule has 11 rings (SSSR count). The Morgan fingerprint density at radius 2 is 0.741 bits per heavy atom.